The van der Waals surface area contributed by atoms with Gasteiger partial charge in [-0.05, 0) is 25.0 Å². The molecule has 1 aromatic rings. The fourth-order valence-electron chi connectivity index (χ4n) is 2.00. The first kappa shape index (κ1) is 15.2. The lowest BCUT2D eigenvalue weighted by atomic mass is 10.2. The predicted octanol–water partition coefficient (Wildman–Crippen LogP) is -0.777. The number of anilines is 1. The molecule has 2 rings (SSSR count). The molecule has 1 fully saturated rings. The van der Waals surface area contributed by atoms with Crippen LogP contribution in [0.3, 0.4) is 0 Å². The van der Waals surface area contributed by atoms with Gasteiger partial charge in [-0.25, -0.2) is 32.4 Å². The van der Waals surface area contributed by atoms with E-state index in [1.54, 1.807) is 0 Å². The molecule has 0 saturated carbocycles. The molecule has 1 aliphatic heterocycles. The zero-order valence-corrected chi connectivity index (χ0v) is 12.2. The third kappa shape index (κ3) is 3.26. The van der Waals surface area contributed by atoms with Gasteiger partial charge in [-0.3, -0.25) is 0 Å². The summed E-state index contributed by atoms with van der Waals surface area (Å²) in [5.41, 5.74) is 2.29. The Hall–Kier alpha value is -1.23. The van der Waals surface area contributed by atoms with Crippen molar-refractivity contribution in [3.8, 4) is 0 Å². The van der Waals surface area contributed by atoms with Gasteiger partial charge in [0.05, 0.1) is 11.0 Å². The van der Waals surface area contributed by atoms with Gasteiger partial charge in [0.15, 0.2) is 9.84 Å². The van der Waals surface area contributed by atoms with E-state index in [1.807, 2.05) is 0 Å². The summed E-state index contributed by atoms with van der Waals surface area (Å²) in [4.78, 5) is 3.76. The van der Waals surface area contributed by atoms with Gasteiger partial charge in [-0.15, -0.1) is 0 Å². The molecule has 0 aromatic carbocycles. The lowest BCUT2D eigenvalue weighted by molar-refractivity contribution is 0.570. The highest BCUT2D eigenvalue weighted by atomic mass is 32.2. The molecule has 20 heavy (non-hydrogen) atoms. The standard InChI is InChI=1S/C10H16N4O4S2/c11-14-10-4-3-9(6-12-10)20(17,18)13-7-8-2-1-5-19(8,15)16/h3-4,6,8,13H,1-2,5,7,11H2,(H,12,14). The van der Waals surface area contributed by atoms with Crippen LogP contribution in [0.25, 0.3) is 0 Å². The van der Waals surface area contributed by atoms with Crippen molar-refractivity contribution >= 4 is 25.7 Å². The van der Waals surface area contributed by atoms with E-state index < -0.39 is 25.1 Å². The average Bonchev–Trinajstić information content (AvgIpc) is 2.75. The predicted molar refractivity (Wildman–Crippen MR) is 74.0 cm³/mol. The Morgan fingerprint density at radius 3 is 2.65 bits per heavy atom. The second kappa shape index (κ2) is 5.64. The van der Waals surface area contributed by atoms with Gasteiger partial charge in [0.1, 0.15) is 10.7 Å². The van der Waals surface area contributed by atoms with Crippen molar-refractivity contribution in [1.82, 2.24) is 9.71 Å². The minimum atomic E-state index is -3.77. The van der Waals surface area contributed by atoms with Gasteiger partial charge in [0.2, 0.25) is 10.0 Å². The van der Waals surface area contributed by atoms with Crippen molar-refractivity contribution in [3.05, 3.63) is 18.3 Å². The van der Waals surface area contributed by atoms with E-state index in [0.29, 0.717) is 18.7 Å². The molecule has 112 valence electrons. The van der Waals surface area contributed by atoms with Crippen LogP contribution in [0.5, 0.6) is 0 Å². The fraction of sp³-hybridized carbons (Fsp3) is 0.500. The van der Waals surface area contributed by atoms with E-state index >= 15 is 0 Å². The summed E-state index contributed by atoms with van der Waals surface area (Å²) >= 11 is 0. The number of nitrogen functional groups attached to an aromatic ring is 1. The molecule has 0 spiro atoms. The third-order valence-corrected chi connectivity index (χ3v) is 6.84. The summed E-state index contributed by atoms with van der Waals surface area (Å²) in [5, 5.41) is -0.643. The van der Waals surface area contributed by atoms with Crippen LogP contribution in [0.2, 0.25) is 0 Å². The van der Waals surface area contributed by atoms with Crippen LogP contribution in [0.15, 0.2) is 23.2 Å². The number of rotatable bonds is 5. The largest absolute Gasteiger partial charge is 0.308 e. The Kier molecular flexibility index (Phi) is 4.28. The summed E-state index contributed by atoms with van der Waals surface area (Å²) < 4.78 is 49.6. The molecule has 0 amide bonds. The van der Waals surface area contributed by atoms with E-state index in [9.17, 15) is 16.8 Å². The number of nitrogens with one attached hydrogen (secondary N) is 2. The van der Waals surface area contributed by atoms with Gasteiger partial charge >= 0.3 is 0 Å². The van der Waals surface area contributed by atoms with Crippen LogP contribution in [-0.4, -0.2) is 39.4 Å². The van der Waals surface area contributed by atoms with E-state index in [2.05, 4.69) is 15.1 Å². The second-order valence-electron chi connectivity index (χ2n) is 4.51. The number of sulfone groups is 1. The molecule has 8 nitrogen and oxygen atoms in total. The maximum absolute atomic E-state index is 12.0. The molecular weight excluding hydrogens is 304 g/mol. The van der Waals surface area contributed by atoms with E-state index in [1.165, 1.54) is 12.1 Å². The van der Waals surface area contributed by atoms with Crippen LogP contribution in [-0.2, 0) is 19.9 Å². The molecule has 1 aliphatic rings. The number of hydrazine groups is 1. The van der Waals surface area contributed by atoms with Gasteiger partial charge in [-0.1, -0.05) is 0 Å². The third-order valence-electron chi connectivity index (χ3n) is 3.16. The molecule has 1 aromatic heterocycles. The SMILES string of the molecule is NNc1ccc(S(=O)(=O)NCC2CCCS2(=O)=O)cn1. The van der Waals surface area contributed by atoms with Crippen molar-refractivity contribution in [2.75, 3.05) is 17.7 Å². The highest BCUT2D eigenvalue weighted by molar-refractivity contribution is 7.92. The molecule has 4 N–H and O–H groups in total. The van der Waals surface area contributed by atoms with Crippen molar-refractivity contribution in [1.29, 1.82) is 0 Å². The zero-order valence-electron chi connectivity index (χ0n) is 10.6. The lowest BCUT2D eigenvalue weighted by Gasteiger charge is -2.11. The molecule has 1 atom stereocenters. The first-order valence-electron chi connectivity index (χ1n) is 5.99. The number of sulfonamides is 1. The maximum atomic E-state index is 12.0. The van der Waals surface area contributed by atoms with Gasteiger partial charge in [0.25, 0.3) is 0 Å². The van der Waals surface area contributed by atoms with E-state index in [-0.39, 0.29) is 17.2 Å². The first-order chi connectivity index (χ1) is 9.35. The molecule has 2 heterocycles. The maximum Gasteiger partial charge on any atom is 0.242 e. The van der Waals surface area contributed by atoms with Gasteiger partial charge < -0.3 is 5.43 Å². The Labute approximate surface area is 117 Å². The summed E-state index contributed by atoms with van der Waals surface area (Å²) in [6.07, 6.45) is 2.22. The molecule has 0 aliphatic carbocycles. The van der Waals surface area contributed by atoms with Crippen molar-refractivity contribution in [2.24, 2.45) is 5.84 Å². The smallest absolute Gasteiger partial charge is 0.242 e. The minimum Gasteiger partial charge on any atom is -0.308 e. The normalized spacial score (nSPS) is 21.8. The lowest BCUT2D eigenvalue weighted by Crippen LogP contribution is -2.34. The number of hydrogen-bond acceptors (Lipinski definition) is 7. The number of nitrogens with two attached hydrogens (primary N) is 1. The number of pyridine rings is 1. The summed E-state index contributed by atoms with van der Waals surface area (Å²) in [6, 6.07) is 2.76. The fourth-order valence-corrected chi connectivity index (χ4v) is 4.89. The van der Waals surface area contributed by atoms with Crippen molar-refractivity contribution < 1.29 is 16.8 Å². The number of nitrogens with zero attached hydrogens (tertiary/aromatic N) is 1. The number of hydrogen-bond donors (Lipinski definition) is 3. The van der Waals surface area contributed by atoms with Crippen molar-refractivity contribution in [3.63, 3.8) is 0 Å². The van der Waals surface area contributed by atoms with Crippen LogP contribution < -0.4 is 16.0 Å². The molecular formula is C10H16N4O4S2. The molecule has 0 radical (unpaired) electrons. The quantitative estimate of drug-likeness (QED) is 0.479. The van der Waals surface area contributed by atoms with E-state index in [0.717, 1.165) is 6.20 Å². The topological polar surface area (TPSA) is 131 Å². The summed E-state index contributed by atoms with van der Waals surface area (Å²) in [6.45, 7) is -0.110. The minimum absolute atomic E-state index is 0.0353. The van der Waals surface area contributed by atoms with E-state index in [4.69, 9.17) is 5.84 Å². The molecule has 1 saturated heterocycles. The first-order valence-corrected chi connectivity index (χ1v) is 9.19. The molecule has 0 bridgehead atoms. The van der Waals surface area contributed by atoms with Crippen LogP contribution >= 0.6 is 0 Å². The van der Waals surface area contributed by atoms with Crippen LogP contribution in [0.4, 0.5) is 5.82 Å². The number of aromatic nitrogens is 1. The van der Waals surface area contributed by atoms with Gasteiger partial charge in [0, 0.05) is 12.7 Å². The average molecular weight is 320 g/mol. The van der Waals surface area contributed by atoms with Crippen LogP contribution in [0.1, 0.15) is 12.8 Å². The van der Waals surface area contributed by atoms with Crippen molar-refractivity contribution in [2.45, 2.75) is 23.0 Å². The van der Waals surface area contributed by atoms with Crippen LogP contribution in [0, 0.1) is 0 Å². The van der Waals surface area contributed by atoms with Gasteiger partial charge in [-0.2, -0.15) is 0 Å². The molecule has 1 unspecified atom stereocenters. The second-order valence-corrected chi connectivity index (χ2v) is 8.67. The Bertz CT molecular complexity index is 670. The highest BCUT2D eigenvalue weighted by Gasteiger charge is 2.32. The summed E-state index contributed by atoms with van der Waals surface area (Å²) in [5.74, 6) is 5.59. The highest BCUT2D eigenvalue weighted by Crippen LogP contribution is 2.20. The zero-order chi connectivity index (χ0) is 14.8. The Morgan fingerprint density at radius 2 is 2.15 bits per heavy atom. The summed E-state index contributed by atoms with van der Waals surface area (Å²) in [7, 11) is -6.94. The Balaban J connectivity index is 2.07. The molecule has 10 heteroatoms. The Morgan fingerprint density at radius 1 is 1.40 bits per heavy atom. The monoisotopic (exact) mass is 320 g/mol.